The van der Waals surface area contributed by atoms with Crippen LogP contribution in [0.2, 0.25) is 0 Å². The number of carbonyl (C=O) groups excluding carboxylic acids is 1. The molecule has 1 amide bonds. The molecule has 1 aliphatic rings. The van der Waals surface area contributed by atoms with Crippen LogP contribution in [-0.4, -0.2) is 13.0 Å². The average Bonchev–Trinajstić information content (AvgIpc) is 2.33. The number of hydrogen-bond donors (Lipinski definition) is 1. The number of benzene rings is 1. The lowest BCUT2D eigenvalue weighted by molar-refractivity contribution is -0.119. The Hall–Kier alpha value is -1.77. The maximum absolute atomic E-state index is 11.5. The largest absolute Gasteiger partial charge is 0.496 e. The molecule has 0 atom stereocenters. The molecule has 1 saturated carbocycles. The van der Waals surface area contributed by atoms with E-state index in [1.165, 1.54) is 6.08 Å². The molecule has 0 aromatic heterocycles. The summed E-state index contributed by atoms with van der Waals surface area (Å²) in [5.41, 5.74) is 0.793. The Morgan fingerprint density at radius 2 is 2.18 bits per heavy atom. The van der Waals surface area contributed by atoms with Gasteiger partial charge in [-0.15, -0.1) is 0 Å². The summed E-state index contributed by atoms with van der Waals surface area (Å²) in [4.78, 5) is 11.5. The zero-order valence-corrected chi connectivity index (χ0v) is 10.0. The van der Waals surface area contributed by atoms with E-state index < -0.39 is 0 Å². The fourth-order valence-electron chi connectivity index (χ4n) is 2.32. The number of amides is 1. The summed E-state index contributed by atoms with van der Waals surface area (Å²) in [6.45, 7) is 3.50. The van der Waals surface area contributed by atoms with Crippen LogP contribution < -0.4 is 10.1 Å². The van der Waals surface area contributed by atoms with E-state index in [2.05, 4.69) is 11.9 Å². The lowest BCUT2D eigenvalue weighted by Gasteiger charge is -2.43. The second-order valence-electron chi connectivity index (χ2n) is 4.33. The summed E-state index contributed by atoms with van der Waals surface area (Å²) in [6, 6.07) is 7.85. The van der Waals surface area contributed by atoms with Gasteiger partial charge in [-0.1, -0.05) is 24.8 Å². The molecule has 1 fully saturated rings. The molecule has 0 aliphatic heterocycles. The van der Waals surface area contributed by atoms with Crippen molar-refractivity contribution in [2.45, 2.75) is 24.8 Å². The molecule has 0 bridgehead atoms. The Kier molecular flexibility index (Phi) is 3.18. The lowest BCUT2D eigenvalue weighted by Crippen LogP contribution is -2.50. The second-order valence-corrected chi connectivity index (χ2v) is 4.33. The third kappa shape index (κ3) is 2.05. The monoisotopic (exact) mass is 231 g/mol. The SMILES string of the molecule is C=CC(=O)NC1(c2ccccc2OC)CCC1. The van der Waals surface area contributed by atoms with Crippen molar-refractivity contribution in [1.29, 1.82) is 0 Å². The van der Waals surface area contributed by atoms with Crippen LogP contribution in [0.15, 0.2) is 36.9 Å². The number of methoxy groups -OCH3 is 1. The number of hydrogen-bond acceptors (Lipinski definition) is 2. The molecule has 0 heterocycles. The number of carbonyl (C=O) groups is 1. The summed E-state index contributed by atoms with van der Waals surface area (Å²) in [5.74, 6) is 0.701. The highest BCUT2D eigenvalue weighted by Gasteiger charge is 2.41. The van der Waals surface area contributed by atoms with E-state index in [9.17, 15) is 4.79 Å². The van der Waals surface area contributed by atoms with Gasteiger partial charge in [0.1, 0.15) is 5.75 Å². The minimum Gasteiger partial charge on any atom is -0.496 e. The summed E-state index contributed by atoms with van der Waals surface area (Å²) >= 11 is 0. The van der Waals surface area contributed by atoms with Gasteiger partial charge in [-0.3, -0.25) is 4.79 Å². The molecule has 0 spiro atoms. The topological polar surface area (TPSA) is 38.3 Å². The van der Waals surface area contributed by atoms with Gasteiger partial charge in [0, 0.05) is 5.56 Å². The first-order valence-corrected chi connectivity index (χ1v) is 5.80. The molecule has 1 aromatic carbocycles. The molecule has 1 aliphatic carbocycles. The maximum Gasteiger partial charge on any atom is 0.244 e. The number of para-hydroxylation sites is 1. The molecule has 0 unspecified atom stereocenters. The molecule has 90 valence electrons. The van der Waals surface area contributed by atoms with Gasteiger partial charge >= 0.3 is 0 Å². The molecule has 3 heteroatoms. The molecular formula is C14H17NO2. The van der Waals surface area contributed by atoms with Gasteiger partial charge in [-0.2, -0.15) is 0 Å². The fourth-order valence-corrected chi connectivity index (χ4v) is 2.32. The Morgan fingerprint density at radius 3 is 2.71 bits per heavy atom. The van der Waals surface area contributed by atoms with Crippen molar-refractivity contribution in [1.82, 2.24) is 5.32 Å². The molecule has 2 rings (SSSR count). The molecular weight excluding hydrogens is 214 g/mol. The van der Waals surface area contributed by atoms with Crippen LogP contribution in [0, 0.1) is 0 Å². The number of ether oxygens (including phenoxy) is 1. The van der Waals surface area contributed by atoms with E-state index in [0.29, 0.717) is 0 Å². The molecule has 0 radical (unpaired) electrons. The highest BCUT2D eigenvalue weighted by molar-refractivity contribution is 5.87. The van der Waals surface area contributed by atoms with Crippen molar-refractivity contribution in [3.63, 3.8) is 0 Å². The first-order chi connectivity index (χ1) is 8.22. The highest BCUT2D eigenvalue weighted by atomic mass is 16.5. The van der Waals surface area contributed by atoms with Crippen LogP contribution >= 0.6 is 0 Å². The zero-order chi connectivity index (χ0) is 12.3. The minimum absolute atomic E-state index is 0.129. The standard InChI is InChI=1S/C14H17NO2/c1-3-13(16)15-14(9-6-10-14)11-7-4-5-8-12(11)17-2/h3-5,7-8H,1,6,9-10H2,2H3,(H,15,16). The van der Waals surface area contributed by atoms with Gasteiger partial charge in [0.05, 0.1) is 12.6 Å². The van der Waals surface area contributed by atoms with Gasteiger partial charge < -0.3 is 10.1 Å². The van der Waals surface area contributed by atoms with Crippen LogP contribution in [-0.2, 0) is 10.3 Å². The Bertz CT molecular complexity index is 436. The molecule has 3 nitrogen and oxygen atoms in total. The fraction of sp³-hybridized carbons (Fsp3) is 0.357. The minimum atomic E-state index is -0.266. The van der Waals surface area contributed by atoms with Gasteiger partial charge in [-0.05, 0) is 31.4 Å². The third-order valence-corrected chi connectivity index (χ3v) is 3.38. The first-order valence-electron chi connectivity index (χ1n) is 5.80. The van der Waals surface area contributed by atoms with Crippen molar-refractivity contribution in [2.75, 3.05) is 7.11 Å². The molecule has 0 saturated heterocycles. The van der Waals surface area contributed by atoms with Crippen LogP contribution in [0.25, 0.3) is 0 Å². The Labute approximate surface area is 101 Å². The van der Waals surface area contributed by atoms with E-state index in [1.54, 1.807) is 7.11 Å². The Morgan fingerprint density at radius 1 is 1.47 bits per heavy atom. The summed E-state index contributed by atoms with van der Waals surface area (Å²) in [6.07, 6.45) is 4.34. The quantitative estimate of drug-likeness (QED) is 0.808. The van der Waals surface area contributed by atoms with Crippen LogP contribution in [0.1, 0.15) is 24.8 Å². The predicted octanol–water partition coefficient (Wildman–Crippen LogP) is 2.38. The van der Waals surface area contributed by atoms with E-state index in [1.807, 2.05) is 24.3 Å². The predicted molar refractivity (Wildman–Crippen MR) is 66.9 cm³/mol. The van der Waals surface area contributed by atoms with E-state index in [-0.39, 0.29) is 11.4 Å². The smallest absolute Gasteiger partial charge is 0.244 e. The van der Waals surface area contributed by atoms with Gasteiger partial charge in [0.25, 0.3) is 0 Å². The summed E-state index contributed by atoms with van der Waals surface area (Å²) in [7, 11) is 1.65. The zero-order valence-electron chi connectivity index (χ0n) is 10.0. The molecule has 1 N–H and O–H groups in total. The van der Waals surface area contributed by atoms with Gasteiger partial charge in [0.2, 0.25) is 5.91 Å². The van der Waals surface area contributed by atoms with E-state index in [0.717, 1.165) is 30.6 Å². The normalized spacial score (nSPS) is 16.8. The molecule has 17 heavy (non-hydrogen) atoms. The van der Waals surface area contributed by atoms with Crippen molar-refractivity contribution >= 4 is 5.91 Å². The Balaban J connectivity index is 2.34. The highest BCUT2D eigenvalue weighted by Crippen LogP contribution is 2.44. The first kappa shape index (κ1) is 11.7. The lowest BCUT2D eigenvalue weighted by atomic mass is 9.71. The summed E-state index contributed by atoms with van der Waals surface area (Å²) in [5, 5.41) is 3.03. The summed E-state index contributed by atoms with van der Waals surface area (Å²) < 4.78 is 5.37. The van der Waals surface area contributed by atoms with Gasteiger partial charge in [0.15, 0.2) is 0 Å². The van der Waals surface area contributed by atoms with Crippen LogP contribution in [0.3, 0.4) is 0 Å². The number of nitrogens with one attached hydrogen (secondary N) is 1. The van der Waals surface area contributed by atoms with Crippen molar-refractivity contribution in [3.8, 4) is 5.75 Å². The van der Waals surface area contributed by atoms with Crippen LogP contribution in [0.5, 0.6) is 5.75 Å². The maximum atomic E-state index is 11.5. The van der Waals surface area contributed by atoms with Crippen molar-refractivity contribution < 1.29 is 9.53 Å². The van der Waals surface area contributed by atoms with E-state index in [4.69, 9.17) is 4.74 Å². The van der Waals surface area contributed by atoms with Gasteiger partial charge in [-0.25, -0.2) is 0 Å². The van der Waals surface area contributed by atoms with Crippen molar-refractivity contribution in [3.05, 3.63) is 42.5 Å². The third-order valence-electron chi connectivity index (χ3n) is 3.38. The van der Waals surface area contributed by atoms with E-state index >= 15 is 0 Å². The van der Waals surface area contributed by atoms with Crippen molar-refractivity contribution in [2.24, 2.45) is 0 Å². The number of rotatable bonds is 4. The van der Waals surface area contributed by atoms with Crippen LogP contribution in [0.4, 0.5) is 0 Å². The average molecular weight is 231 g/mol. The second kappa shape index (κ2) is 4.62. The molecule has 1 aromatic rings.